The predicted molar refractivity (Wildman–Crippen MR) is 77.4 cm³/mol. The van der Waals surface area contributed by atoms with Gasteiger partial charge < -0.3 is 15.6 Å². The van der Waals surface area contributed by atoms with Gasteiger partial charge in [-0.15, -0.1) is 0 Å². The molecule has 0 saturated carbocycles. The lowest BCUT2D eigenvalue weighted by atomic mass is 10.0. The second kappa shape index (κ2) is 4.74. The Hall–Kier alpha value is -1.62. The third-order valence-electron chi connectivity index (χ3n) is 4.14. The van der Waals surface area contributed by atoms with Crippen LogP contribution in [0.25, 0.3) is 10.9 Å². The van der Waals surface area contributed by atoms with E-state index in [0.29, 0.717) is 18.7 Å². The number of halogens is 2. The molecule has 3 nitrogen and oxygen atoms in total. The molecule has 0 spiro atoms. The van der Waals surface area contributed by atoms with Crippen LogP contribution in [-0.2, 0) is 0 Å². The number of hydrogen-bond acceptors (Lipinski definition) is 2. The molecule has 2 aromatic rings. The Morgan fingerprint density at radius 3 is 2.75 bits per heavy atom. The number of nitrogens with two attached hydrogens (primary N) is 1. The highest BCUT2D eigenvalue weighted by atomic mass is 19.1. The first-order chi connectivity index (χ1) is 9.47. The highest BCUT2D eigenvalue weighted by molar-refractivity contribution is 5.96. The molecule has 1 saturated heterocycles. The Bertz CT molecular complexity index is 640. The van der Waals surface area contributed by atoms with Gasteiger partial charge in [-0.05, 0) is 38.0 Å². The van der Waals surface area contributed by atoms with Gasteiger partial charge in [0.25, 0.3) is 0 Å². The molecule has 1 aromatic carbocycles. The van der Waals surface area contributed by atoms with Gasteiger partial charge in [0.15, 0.2) is 0 Å². The summed E-state index contributed by atoms with van der Waals surface area (Å²) in [4.78, 5) is 4.98. The van der Waals surface area contributed by atoms with Gasteiger partial charge in [-0.25, -0.2) is 8.78 Å². The summed E-state index contributed by atoms with van der Waals surface area (Å²) in [7, 11) is 0. The number of fused-ring (bicyclic) bond motifs is 1. The Labute approximate surface area is 116 Å². The number of aryl methyl sites for hydroxylation is 2. The maximum absolute atomic E-state index is 14.3. The first-order valence-corrected chi connectivity index (χ1v) is 6.89. The lowest BCUT2D eigenvalue weighted by Crippen LogP contribution is -2.48. The molecule has 0 radical (unpaired) electrons. The minimum absolute atomic E-state index is 0.202. The average molecular weight is 279 g/mol. The normalized spacial score (nSPS) is 23.6. The van der Waals surface area contributed by atoms with Crippen molar-refractivity contribution in [2.75, 3.05) is 18.0 Å². The topological polar surface area (TPSA) is 45.0 Å². The van der Waals surface area contributed by atoms with Gasteiger partial charge in [0.2, 0.25) is 0 Å². The van der Waals surface area contributed by atoms with Gasteiger partial charge in [-0.2, -0.15) is 0 Å². The number of aromatic nitrogens is 1. The fourth-order valence-corrected chi connectivity index (χ4v) is 3.10. The van der Waals surface area contributed by atoms with E-state index in [2.05, 4.69) is 4.98 Å². The molecule has 5 heteroatoms. The van der Waals surface area contributed by atoms with E-state index in [1.165, 1.54) is 6.07 Å². The van der Waals surface area contributed by atoms with E-state index < -0.39 is 6.17 Å². The molecule has 3 rings (SSSR count). The SMILES string of the molecule is Cc1[nH]c2ccc(F)c(N3C[C@@H](N)C[C@@H](F)C3)c2c1C. The van der Waals surface area contributed by atoms with Crippen LogP contribution in [0.2, 0.25) is 0 Å². The molecule has 2 heterocycles. The van der Waals surface area contributed by atoms with Crippen LogP contribution in [0, 0.1) is 19.7 Å². The summed E-state index contributed by atoms with van der Waals surface area (Å²) in [5, 5.41) is 0.837. The molecule has 1 fully saturated rings. The van der Waals surface area contributed by atoms with E-state index in [4.69, 9.17) is 5.73 Å². The van der Waals surface area contributed by atoms with Crippen molar-refractivity contribution in [1.82, 2.24) is 4.98 Å². The number of aromatic amines is 1. The van der Waals surface area contributed by atoms with Gasteiger partial charge >= 0.3 is 0 Å². The van der Waals surface area contributed by atoms with E-state index in [0.717, 1.165) is 22.2 Å². The summed E-state index contributed by atoms with van der Waals surface area (Å²) in [5.74, 6) is -0.319. The Kier molecular flexibility index (Phi) is 3.17. The maximum atomic E-state index is 14.3. The van der Waals surface area contributed by atoms with Crippen molar-refractivity contribution in [3.05, 3.63) is 29.2 Å². The van der Waals surface area contributed by atoms with Crippen LogP contribution in [0.1, 0.15) is 17.7 Å². The summed E-state index contributed by atoms with van der Waals surface area (Å²) >= 11 is 0. The van der Waals surface area contributed by atoms with Crippen molar-refractivity contribution in [1.29, 1.82) is 0 Å². The largest absolute Gasteiger partial charge is 0.364 e. The Balaban J connectivity index is 2.16. The van der Waals surface area contributed by atoms with Crippen molar-refractivity contribution < 1.29 is 8.78 Å². The van der Waals surface area contributed by atoms with Crippen molar-refractivity contribution in [3.63, 3.8) is 0 Å². The van der Waals surface area contributed by atoms with E-state index >= 15 is 0 Å². The zero-order valence-corrected chi connectivity index (χ0v) is 11.7. The summed E-state index contributed by atoms with van der Waals surface area (Å²) in [5.41, 5.74) is 9.24. The number of hydrogen-bond donors (Lipinski definition) is 2. The number of rotatable bonds is 1. The number of nitrogens with zero attached hydrogens (tertiary/aromatic N) is 1. The zero-order valence-electron chi connectivity index (χ0n) is 11.7. The molecule has 0 unspecified atom stereocenters. The lowest BCUT2D eigenvalue weighted by molar-refractivity contribution is 0.268. The standard InChI is InChI=1S/C15H19F2N3/c1-8-9(2)19-13-4-3-12(17)15(14(8)13)20-6-10(16)5-11(18)7-20/h3-4,10-11,19H,5-7,18H2,1-2H3/t10-,11+/m1/s1. The van der Waals surface area contributed by atoms with Crippen molar-refractivity contribution in [2.24, 2.45) is 5.73 Å². The summed E-state index contributed by atoms with van der Waals surface area (Å²) in [6, 6.07) is 2.90. The van der Waals surface area contributed by atoms with E-state index in [-0.39, 0.29) is 18.4 Å². The minimum atomic E-state index is -1.01. The van der Waals surface area contributed by atoms with Crippen molar-refractivity contribution >= 4 is 16.6 Å². The molecule has 0 aliphatic carbocycles. The van der Waals surface area contributed by atoms with E-state index in [9.17, 15) is 8.78 Å². The number of nitrogens with one attached hydrogen (secondary N) is 1. The minimum Gasteiger partial charge on any atom is -0.364 e. The molecule has 20 heavy (non-hydrogen) atoms. The second-order valence-electron chi connectivity index (χ2n) is 5.69. The smallest absolute Gasteiger partial charge is 0.147 e. The molecule has 0 bridgehead atoms. The predicted octanol–water partition coefficient (Wildman–Crippen LogP) is 2.80. The highest BCUT2D eigenvalue weighted by Crippen LogP contribution is 2.35. The number of alkyl halides is 1. The maximum Gasteiger partial charge on any atom is 0.147 e. The molecular weight excluding hydrogens is 260 g/mol. The molecule has 2 atom stereocenters. The van der Waals surface area contributed by atoms with Crippen LogP contribution < -0.4 is 10.6 Å². The molecule has 3 N–H and O–H groups in total. The summed E-state index contributed by atoms with van der Waals surface area (Å²) in [6.45, 7) is 4.60. The van der Waals surface area contributed by atoms with Crippen LogP contribution >= 0.6 is 0 Å². The first-order valence-electron chi connectivity index (χ1n) is 6.89. The molecule has 0 amide bonds. The quantitative estimate of drug-likeness (QED) is 0.843. The van der Waals surface area contributed by atoms with Gasteiger partial charge in [-0.3, -0.25) is 0 Å². The molecule has 108 valence electrons. The number of anilines is 1. The van der Waals surface area contributed by atoms with E-state index in [1.54, 1.807) is 11.0 Å². The molecular formula is C15H19F2N3. The van der Waals surface area contributed by atoms with Gasteiger partial charge in [0.05, 0.1) is 5.69 Å². The van der Waals surface area contributed by atoms with Crippen molar-refractivity contribution in [2.45, 2.75) is 32.5 Å². The number of benzene rings is 1. The summed E-state index contributed by atoms with van der Waals surface area (Å²) < 4.78 is 28.1. The van der Waals surface area contributed by atoms with Crippen LogP contribution in [0.15, 0.2) is 12.1 Å². The van der Waals surface area contributed by atoms with Crippen molar-refractivity contribution in [3.8, 4) is 0 Å². The third-order valence-corrected chi connectivity index (χ3v) is 4.14. The number of piperidine rings is 1. The van der Waals surface area contributed by atoms with Crippen LogP contribution in [0.3, 0.4) is 0 Å². The van der Waals surface area contributed by atoms with Crippen LogP contribution in [0.5, 0.6) is 0 Å². The number of H-pyrrole nitrogens is 1. The average Bonchev–Trinajstić information content (AvgIpc) is 2.65. The third kappa shape index (κ3) is 2.06. The lowest BCUT2D eigenvalue weighted by Gasteiger charge is -2.35. The fraction of sp³-hybridized carbons (Fsp3) is 0.467. The first kappa shape index (κ1) is 13.4. The molecule has 1 aromatic heterocycles. The Morgan fingerprint density at radius 1 is 1.30 bits per heavy atom. The highest BCUT2D eigenvalue weighted by Gasteiger charge is 2.28. The van der Waals surface area contributed by atoms with Gasteiger partial charge in [-0.1, -0.05) is 0 Å². The summed E-state index contributed by atoms with van der Waals surface area (Å²) in [6.07, 6.45) is -0.659. The zero-order chi connectivity index (χ0) is 14.4. The molecule has 1 aliphatic heterocycles. The molecule has 1 aliphatic rings. The van der Waals surface area contributed by atoms with E-state index in [1.807, 2.05) is 13.8 Å². The van der Waals surface area contributed by atoms with Gasteiger partial charge in [0.1, 0.15) is 12.0 Å². The Morgan fingerprint density at radius 2 is 2.05 bits per heavy atom. The van der Waals surface area contributed by atoms with Crippen LogP contribution in [0.4, 0.5) is 14.5 Å². The second-order valence-corrected chi connectivity index (χ2v) is 5.69. The van der Waals surface area contributed by atoms with Gasteiger partial charge in [0, 0.05) is 35.7 Å². The monoisotopic (exact) mass is 279 g/mol. The fourth-order valence-electron chi connectivity index (χ4n) is 3.10. The van der Waals surface area contributed by atoms with Crippen LogP contribution in [-0.4, -0.2) is 30.3 Å².